The molecule has 0 spiro atoms. The lowest BCUT2D eigenvalue weighted by Crippen LogP contribution is -2.20. The Bertz CT molecular complexity index is 621. The second-order valence-corrected chi connectivity index (χ2v) is 3.53. The molecule has 0 amide bonds. The van der Waals surface area contributed by atoms with Crippen LogP contribution >= 0.6 is 0 Å². The van der Waals surface area contributed by atoms with Crippen molar-refractivity contribution in [2.75, 3.05) is 0 Å². The van der Waals surface area contributed by atoms with Crippen molar-refractivity contribution >= 4 is 0 Å². The summed E-state index contributed by atoms with van der Waals surface area (Å²) in [5, 5.41) is 3.89. The Labute approximate surface area is 90.7 Å². The summed E-state index contributed by atoms with van der Waals surface area (Å²) in [7, 11) is 1.67. The van der Waals surface area contributed by atoms with E-state index in [0.29, 0.717) is 5.89 Å². The minimum atomic E-state index is -0.516. The zero-order chi connectivity index (χ0) is 11.7. The second kappa shape index (κ2) is 3.80. The Morgan fingerprint density at radius 2 is 2.19 bits per heavy atom. The van der Waals surface area contributed by atoms with Crippen LogP contribution in [0.2, 0.25) is 0 Å². The van der Waals surface area contributed by atoms with E-state index in [1.165, 1.54) is 15.3 Å². The number of aromatic nitrogens is 3. The van der Waals surface area contributed by atoms with Crippen LogP contribution in [0.4, 0.5) is 0 Å². The molecule has 0 aromatic carbocycles. The van der Waals surface area contributed by atoms with Crippen LogP contribution in [0.1, 0.15) is 11.5 Å². The highest BCUT2D eigenvalue weighted by Crippen LogP contribution is 1.97. The Kier molecular flexibility index (Phi) is 2.47. The standard InChI is InChI=1S/C10H11N3O3/c1-7-11-13(10(15)16-7)6-8-3-4-12(2)9(14)5-8/h3-5H,6H2,1-2H3. The van der Waals surface area contributed by atoms with E-state index in [-0.39, 0.29) is 12.1 Å². The fraction of sp³-hybridized carbons (Fsp3) is 0.300. The molecule has 0 N–H and O–H groups in total. The molecule has 0 radical (unpaired) electrons. The van der Waals surface area contributed by atoms with E-state index < -0.39 is 5.76 Å². The van der Waals surface area contributed by atoms with E-state index in [2.05, 4.69) is 5.10 Å². The maximum atomic E-state index is 11.4. The van der Waals surface area contributed by atoms with Gasteiger partial charge in [-0.25, -0.2) is 4.79 Å². The summed E-state index contributed by atoms with van der Waals surface area (Å²) in [4.78, 5) is 22.6. The lowest BCUT2D eigenvalue weighted by atomic mass is 10.3. The Morgan fingerprint density at radius 1 is 1.44 bits per heavy atom. The average molecular weight is 221 g/mol. The molecule has 16 heavy (non-hydrogen) atoms. The second-order valence-electron chi connectivity index (χ2n) is 3.53. The summed E-state index contributed by atoms with van der Waals surface area (Å²) < 4.78 is 7.40. The monoisotopic (exact) mass is 221 g/mol. The summed E-state index contributed by atoms with van der Waals surface area (Å²) in [6, 6.07) is 3.23. The van der Waals surface area contributed by atoms with Gasteiger partial charge in [0.15, 0.2) is 0 Å². The van der Waals surface area contributed by atoms with Gasteiger partial charge in [-0.2, -0.15) is 4.68 Å². The highest BCUT2D eigenvalue weighted by Gasteiger charge is 2.05. The molecule has 6 nitrogen and oxygen atoms in total. The summed E-state index contributed by atoms with van der Waals surface area (Å²) in [6.07, 6.45) is 1.65. The number of pyridine rings is 1. The molecule has 0 bridgehead atoms. The van der Waals surface area contributed by atoms with Crippen LogP contribution in [-0.4, -0.2) is 14.3 Å². The summed E-state index contributed by atoms with van der Waals surface area (Å²) >= 11 is 0. The smallest absolute Gasteiger partial charge is 0.393 e. The predicted molar refractivity (Wildman–Crippen MR) is 56.3 cm³/mol. The third-order valence-corrected chi connectivity index (χ3v) is 2.21. The Morgan fingerprint density at radius 3 is 2.75 bits per heavy atom. The van der Waals surface area contributed by atoms with Gasteiger partial charge in [-0.1, -0.05) is 0 Å². The molecule has 84 valence electrons. The first kappa shape index (κ1) is 10.4. The molecular formula is C10H11N3O3. The molecule has 0 fully saturated rings. The maximum absolute atomic E-state index is 11.4. The van der Waals surface area contributed by atoms with Gasteiger partial charge in [0.2, 0.25) is 5.89 Å². The van der Waals surface area contributed by atoms with Gasteiger partial charge in [0.25, 0.3) is 5.56 Å². The van der Waals surface area contributed by atoms with Crippen molar-refractivity contribution < 1.29 is 4.42 Å². The van der Waals surface area contributed by atoms with Gasteiger partial charge < -0.3 is 8.98 Å². The van der Waals surface area contributed by atoms with E-state index in [0.717, 1.165) is 5.56 Å². The molecule has 0 atom stereocenters. The number of aryl methyl sites for hydroxylation is 2. The van der Waals surface area contributed by atoms with Crippen molar-refractivity contribution in [3.8, 4) is 0 Å². The largest absolute Gasteiger partial charge is 0.437 e. The van der Waals surface area contributed by atoms with Gasteiger partial charge in [-0.3, -0.25) is 4.79 Å². The van der Waals surface area contributed by atoms with E-state index in [4.69, 9.17) is 4.42 Å². The van der Waals surface area contributed by atoms with E-state index in [1.807, 2.05) is 0 Å². The zero-order valence-electron chi connectivity index (χ0n) is 9.01. The van der Waals surface area contributed by atoms with E-state index >= 15 is 0 Å². The fourth-order valence-electron chi connectivity index (χ4n) is 1.37. The predicted octanol–water partition coefficient (Wildman–Crippen LogP) is -0.108. The molecule has 0 saturated heterocycles. The highest BCUT2D eigenvalue weighted by molar-refractivity contribution is 5.10. The van der Waals surface area contributed by atoms with Gasteiger partial charge in [-0.15, -0.1) is 5.10 Å². The molecule has 0 saturated carbocycles. The van der Waals surface area contributed by atoms with Gasteiger partial charge in [-0.05, 0) is 11.6 Å². The molecule has 2 heterocycles. The molecule has 0 unspecified atom stereocenters. The highest BCUT2D eigenvalue weighted by atomic mass is 16.4. The van der Waals surface area contributed by atoms with Crippen LogP contribution in [-0.2, 0) is 13.6 Å². The number of nitrogens with zero attached hydrogens (tertiary/aromatic N) is 3. The lowest BCUT2D eigenvalue weighted by molar-refractivity contribution is 0.466. The molecular weight excluding hydrogens is 210 g/mol. The Hall–Kier alpha value is -2.11. The molecule has 2 aromatic heterocycles. The van der Waals surface area contributed by atoms with Crippen molar-refractivity contribution in [1.29, 1.82) is 0 Å². The van der Waals surface area contributed by atoms with Gasteiger partial charge >= 0.3 is 5.76 Å². The van der Waals surface area contributed by atoms with Crippen molar-refractivity contribution in [2.24, 2.45) is 7.05 Å². The molecule has 0 aliphatic heterocycles. The molecule has 2 rings (SSSR count). The minimum absolute atomic E-state index is 0.120. The van der Waals surface area contributed by atoms with Crippen LogP contribution in [0, 0.1) is 6.92 Å². The van der Waals surface area contributed by atoms with Gasteiger partial charge in [0.05, 0.1) is 6.54 Å². The van der Waals surface area contributed by atoms with E-state index in [9.17, 15) is 9.59 Å². The van der Waals surface area contributed by atoms with Crippen molar-refractivity contribution in [2.45, 2.75) is 13.5 Å². The maximum Gasteiger partial charge on any atom is 0.437 e. The van der Waals surface area contributed by atoms with Crippen LogP contribution in [0.5, 0.6) is 0 Å². The lowest BCUT2D eigenvalue weighted by Gasteiger charge is -2.00. The first-order valence-electron chi connectivity index (χ1n) is 4.76. The topological polar surface area (TPSA) is 70.0 Å². The molecule has 2 aromatic rings. The van der Waals surface area contributed by atoms with Gasteiger partial charge in [0.1, 0.15) is 0 Å². The van der Waals surface area contributed by atoms with Crippen molar-refractivity contribution in [3.63, 3.8) is 0 Å². The summed E-state index contributed by atoms with van der Waals surface area (Å²) in [5.41, 5.74) is 0.601. The third-order valence-electron chi connectivity index (χ3n) is 2.21. The van der Waals surface area contributed by atoms with Crippen LogP contribution in [0.15, 0.2) is 32.3 Å². The van der Waals surface area contributed by atoms with Crippen molar-refractivity contribution in [1.82, 2.24) is 14.3 Å². The first-order chi connectivity index (χ1) is 7.56. The minimum Gasteiger partial charge on any atom is -0.393 e. The van der Waals surface area contributed by atoms with E-state index in [1.54, 1.807) is 26.2 Å². The molecule has 6 heteroatoms. The van der Waals surface area contributed by atoms with Crippen LogP contribution in [0.25, 0.3) is 0 Å². The normalized spacial score (nSPS) is 10.6. The average Bonchev–Trinajstić information content (AvgIpc) is 2.51. The summed E-state index contributed by atoms with van der Waals surface area (Å²) in [5.74, 6) is -0.202. The Balaban J connectivity index is 2.34. The quantitative estimate of drug-likeness (QED) is 0.709. The number of rotatable bonds is 2. The van der Waals surface area contributed by atoms with Crippen molar-refractivity contribution in [3.05, 3.63) is 50.7 Å². The zero-order valence-corrected chi connectivity index (χ0v) is 9.01. The fourth-order valence-corrected chi connectivity index (χ4v) is 1.37. The van der Waals surface area contributed by atoms with Crippen LogP contribution < -0.4 is 11.3 Å². The molecule has 0 aliphatic carbocycles. The summed E-state index contributed by atoms with van der Waals surface area (Å²) in [6.45, 7) is 1.84. The number of hydrogen-bond donors (Lipinski definition) is 0. The number of hydrogen-bond acceptors (Lipinski definition) is 4. The SMILES string of the molecule is Cc1nn(Cc2ccn(C)c(=O)c2)c(=O)o1. The third kappa shape index (κ3) is 1.95. The first-order valence-corrected chi connectivity index (χ1v) is 4.76. The van der Waals surface area contributed by atoms with Gasteiger partial charge in [0, 0.05) is 26.2 Å². The molecule has 0 aliphatic rings. The van der Waals surface area contributed by atoms with Crippen LogP contribution in [0.3, 0.4) is 0 Å².